The van der Waals surface area contributed by atoms with Crippen molar-refractivity contribution >= 4 is 23.1 Å². The van der Waals surface area contributed by atoms with Crippen LogP contribution in [0.2, 0.25) is 5.02 Å². The van der Waals surface area contributed by atoms with Gasteiger partial charge < -0.3 is 10.0 Å². The zero-order valence-corrected chi connectivity index (χ0v) is 10.6. The van der Waals surface area contributed by atoms with E-state index in [1.165, 1.54) is 6.92 Å². The van der Waals surface area contributed by atoms with Crippen molar-refractivity contribution in [1.29, 1.82) is 0 Å². The smallest absolute Gasteiger partial charge is 0.159 e. The Balaban J connectivity index is 2.23. The number of rotatable bonds is 2. The Bertz CT molecular complexity index is 433. The van der Waals surface area contributed by atoms with Crippen molar-refractivity contribution in [2.45, 2.75) is 25.9 Å². The molecule has 0 bridgehead atoms. The predicted molar refractivity (Wildman–Crippen MR) is 68.9 cm³/mol. The number of carbonyl (C=O) groups excluding carboxylic acids is 1. The van der Waals surface area contributed by atoms with E-state index in [0.717, 1.165) is 25.1 Å². The molecule has 4 heteroatoms. The van der Waals surface area contributed by atoms with Gasteiger partial charge in [-0.25, -0.2) is 0 Å². The summed E-state index contributed by atoms with van der Waals surface area (Å²) in [7, 11) is 0. The summed E-state index contributed by atoms with van der Waals surface area (Å²) in [4.78, 5) is 13.3. The third kappa shape index (κ3) is 2.79. The summed E-state index contributed by atoms with van der Waals surface area (Å²) in [6.07, 6.45) is 1.53. The van der Waals surface area contributed by atoms with Gasteiger partial charge in [0, 0.05) is 18.7 Å². The van der Waals surface area contributed by atoms with E-state index in [9.17, 15) is 9.90 Å². The largest absolute Gasteiger partial charge is 0.391 e. The topological polar surface area (TPSA) is 40.5 Å². The first-order valence-electron chi connectivity index (χ1n) is 5.81. The van der Waals surface area contributed by atoms with Crippen molar-refractivity contribution in [3.8, 4) is 0 Å². The van der Waals surface area contributed by atoms with Crippen molar-refractivity contribution in [3.05, 3.63) is 28.8 Å². The summed E-state index contributed by atoms with van der Waals surface area (Å²) in [6.45, 7) is 3.03. The van der Waals surface area contributed by atoms with E-state index in [-0.39, 0.29) is 11.9 Å². The number of carbonyl (C=O) groups is 1. The highest BCUT2D eigenvalue weighted by Crippen LogP contribution is 2.29. The van der Waals surface area contributed by atoms with Gasteiger partial charge in [0.2, 0.25) is 0 Å². The van der Waals surface area contributed by atoms with Crippen LogP contribution in [-0.2, 0) is 0 Å². The first kappa shape index (κ1) is 12.4. The second-order valence-corrected chi connectivity index (χ2v) is 4.87. The van der Waals surface area contributed by atoms with Gasteiger partial charge in [0.25, 0.3) is 0 Å². The Kier molecular flexibility index (Phi) is 3.69. The van der Waals surface area contributed by atoms with Crippen LogP contribution in [-0.4, -0.2) is 30.1 Å². The van der Waals surface area contributed by atoms with E-state index < -0.39 is 0 Å². The normalized spacial score (nSPS) is 20.4. The van der Waals surface area contributed by atoms with Crippen molar-refractivity contribution in [3.63, 3.8) is 0 Å². The highest BCUT2D eigenvalue weighted by molar-refractivity contribution is 6.33. The van der Waals surface area contributed by atoms with Gasteiger partial charge in [-0.3, -0.25) is 4.79 Å². The van der Waals surface area contributed by atoms with Crippen molar-refractivity contribution in [2.24, 2.45) is 0 Å². The molecule has 1 aromatic carbocycles. The lowest BCUT2D eigenvalue weighted by Gasteiger charge is -2.32. The second-order valence-electron chi connectivity index (χ2n) is 4.46. The first-order valence-corrected chi connectivity index (χ1v) is 6.19. The number of aliphatic hydroxyl groups excluding tert-OH is 1. The van der Waals surface area contributed by atoms with Crippen LogP contribution in [0.1, 0.15) is 30.1 Å². The minimum atomic E-state index is -0.285. The van der Waals surface area contributed by atoms with Gasteiger partial charge in [-0.15, -0.1) is 0 Å². The van der Waals surface area contributed by atoms with Crippen LogP contribution in [0.15, 0.2) is 18.2 Å². The second kappa shape index (κ2) is 5.07. The van der Waals surface area contributed by atoms with Crippen molar-refractivity contribution in [1.82, 2.24) is 0 Å². The molecule has 92 valence electrons. The predicted octanol–water partition coefficient (Wildman–Crippen LogP) is 2.50. The Morgan fingerprint density at radius 1 is 1.53 bits per heavy atom. The van der Waals surface area contributed by atoms with Gasteiger partial charge in [0.05, 0.1) is 16.8 Å². The summed E-state index contributed by atoms with van der Waals surface area (Å²) in [6, 6.07) is 5.34. The average Bonchev–Trinajstić information content (AvgIpc) is 2.28. The van der Waals surface area contributed by atoms with E-state index in [1.54, 1.807) is 12.1 Å². The molecule has 1 atom stereocenters. The van der Waals surface area contributed by atoms with Crippen LogP contribution < -0.4 is 4.90 Å². The highest BCUT2D eigenvalue weighted by atomic mass is 35.5. The Morgan fingerprint density at radius 2 is 2.29 bits per heavy atom. The molecule has 0 radical (unpaired) electrons. The maximum Gasteiger partial charge on any atom is 0.159 e. The Morgan fingerprint density at radius 3 is 2.88 bits per heavy atom. The summed E-state index contributed by atoms with van der Waals surface area (Å²) >= 11 is 6.18. The lowest BCUT2D eigenvalue weighted by Crippen LogP contribution is -2.38. The number of nitrogens with zero attached hydrogens (tertiary/aromatic N) is 1. The van der Waals surface area contributed by atoms with Crippen LogP contribution >= 0.6 is 11.6 Å². The molecule has 1 aliphatic heterocycles. The molecule has 17 heavy (non-hydrogen) atoms. The van der Waals surface area contributed by atoms with Gasteiger partial charge in [0.15, 0.2) is 5.78 Å². The fourth-order valence-corrected chi connectivity index (χ4v) is 2.46. The standard InChI is InChI=1S/C13H16ClNO2/c1-9(16)10-4-5-13(12(14)7-10)15-6-2-3-11(17)8-15/h4-5,7,11,17H,2-3,6,8H2,1H3/t11-/m1/s1. The van der Waals surface area contributed by atoms with Gasteiger partial charge >= 0.3 is 0 Å². The number of hydrogen-bond acceptors (Lipinski definition) is 3. The summed E-state index contributed by atoms with van der Waals surface area (Å²) in [5, 5.41) is 10.2. The van der Waals surface area contributed by atoms with E-state index in [4.69, 9.17) is 11.6 Å². The summed E-state index contributed by atoms with van der Waals surface area (Å²) in [5.74, 6) is 0.0112. The van der Waals surface area contributed by atoms with Gasteiger partial charge in [-0.2, -0.15) is 0 Å². The van der Waals surface area contributed by atoms with E-state index >= 15 is 0 Å². The van der Waals surface area contributed by atoms with Crippen LogP contribution in [0.3, 0.4) is 0 Å². The fraction of sp³-hybridized carbons (Fsp3) is 0.462. The quantitative estimate of drug-likeness (QED) is 0.824. The molecule has 2 rings (SSSR count). The number of hydrogen-bond donors (Lipinski definition) is 1. The van der Waals surface area contributed by atoms with Crippen LogP contribution in [0, 0.1) is 0 Å². The molecule has 1 N–H and O–H groups in total. The SMILES string of the molecule is CC(=O)c1ccc(N2CCC[C@@H](O)C2)c(Cl)c1. The molecule has 0 aliphatic carbocycles. The highest BCUT2D eigenvalue weighted by Gasteiger charge is 2.19. The number of piperidine rings is 1. The lowest BCUT2D eigenvalue weighted by atomic mass is 10.1. The molecule has 1 fully saturated rings. The molecule has 0 saturated carbocycles. The molecular formula is C13H16ClNO2. The molecule has 0 unspecified atom stereocenters. The number of benzene rings is 1. The van der Waals surface area contributed by atoms with Gasteiger partial charge in [-0.1, -0.05) is 11.6 Å². The maximum atomic E-state index is 11.2. The lowest BCUT2D eigenvalue weighted by molar-refractivity contribution is 0.101. The molecule has 0 aromatic heterocycles. The monoisotopic (exact) mass is 253 g/mol. The van der Waals surface area contributed by atoms with Crippen molar-refractivity contribution in [2.75, 3.05) is 18.0 Å². The molecule has 0 spiro atoms. The third-order valence-electron chi connectivity index (χ3n) is 3.09. The fourth-order valence-electron chi connectivity index (χ4n) is 2.16. The van der Waals surface area contributed by atoms with Gasteiger partial charge in [-0.05, 0) is 38.0 Å². The van der Waals surface area contributed by atoms with E-state index in [2.05, 4.69) is 4.90 Å². The summed E-state index contributed by atoms with van der Waals surface area (Å²) in [5.41, 5.74) is 1.52. The first-order chi connectivity index (χ1) is 8.08. The molecule has 1 heterocycles. The Labute approximate surface area is 106 Å². The molecule has 3 nitrogen and oxygen atoms in total. The zero-order chi connectivity index (χ0) is 12.4. The van der Waals surface area contributed by atoms with Crippen LogP contribution in [0.4, 0.5) is 5.69 Å². The number of ketones is 1. The van der Waals surface area contributed by atoms with Crippen LogP contribution in [0.5, 0.6) is 0 Å². The summed E-state index contributed by atoms with van der Waals surface area (Å²) < 4.78 is 0. The van der Waals surface area contributed by atoms with Gasteiger partial charge in [0.1, 0.15) is 0 Å². The number of Topliss-reactive ketones (excluding diaryl/α,β-unsaturated/α-hetero) is 1. The number of aliphatic hydroxyl groups is 1. The maximum absolute atomic E-state index is 11.2. The van der Waals surface area contributed by atoms with E-state index in [0.29, 0.717) is 17.1 Å². The van der Waals surface area contributed by atoms with Crippen LogP contribution in [0.25, 0.3) is 0 Å². The Hall–Kier alpha value is -1.06. The number of β-amino-alcohol motifs (C(OH)–C–C–N with tert-alkyl or cyclic N) is 1. The van der Waals surface area contributed by atoms with E-state index in [1.807, 2.05) is 6.07 Å². The number of anilines is 1. The minimum absolute atomic E-state index is 0.0112. The minimum Gasteiger partial charge on any atom is -0.391 e. The molecule has 1 aromatic rings. The molecule has 1 aliphatic rings. The molecule has 1 saturated heterocycles. The average molecular weight is 254 g/mol. The van der Waals surface area contributed by atoms with Crippen molar-refractivity contribution < 1.29 is 9.90 Å². The third-order valence-corrected chi connectivity index (χ3v) is 3.39. The number of halogens is 1. The molecule has 0 amide bonds. The zero-order valence-electron chi connectivity index (χ0n) is 9.82. The molecular weight excluding hydrogens is 238 g/mol.